The van der Waals surface area contributed by atoms with Crippen molar-refractivity contribution >= 4 is 0 Å². The lowest BCUT2D eigenvalue weighted by atomic mass is 10.1. The summed E-state index contributed by atoms with van der Waals surface area (Å²) in [5.74, 6) is 5.58. The van der Waals surface area contributed by atoms with Gasteiger partial charge in [0, 0.05) is 32.4 Å². The predicted molar refractivity (Wildman–Crippen MR) is 73.2 cm³/mol. The van der Waals surface area contributed by atoms with Gasteiger partial charge < -0.3 is 14.7 Å². The van der Waals surface area contributed by atoms with Gasteiger partial charge in [0.15, 0.2) is 0 Å². The van der Waals surface area contributed by atoms with E-state index in [4.69, 9.17) is 9.84 Å². The first-order valence-electron chi connectivity index (χ1n) is 6.12. The molecule has 0 saturated carbocycles. The van der Waals surface area contributed by atoms with Gasteiger partial charge in [-0.1, -0.05) is 24.0 Å². The van der Waals surface area contributed by atoms with Crippen LogP contribution in [0, 0.1) is 11.8 Å². The van der Waals surface area contributed by atoms with Gasteiger partial charge in [0.1, 0.15) is 6.61 Å². The lowest BCUT2D eigenvalue weighted by Gasteiger charge is -2.16. The Balaban J connectivity index is 2.50. The molecule has 3 heteroatoms. The second-order valence-electron chi connectivity index (χ2n) is 4.24. The van der Waals surface area contributed by atoms with Gasteiger partial charge in [-0.2, -0.15) is 0 Å². The minimum Gasteiger partial charge on any atom is -0.385 e. The van der Waals surface area contributed by atoms with E-state index in [1.54, 1.807) is 7.11 Å². The molecule has 0 amide bonds. The Morgan fingerprint density at radius 3 is 2.94 bits per heavy atom. The number of rotatable bonds is 6. The molecule has 0 fully saturated rings. The standard InChI is InChI=1S/C15H21NO2/c1-16(9-5-11-18-2)13-15-7-3-6-14(12-15)8-4-10-17/h3,6-7,12,17H,5,9-11,13H2,1-2H3. The van der Waals surface area contributed by atoms with E-state index in [0.29, 0.717) is 0 Å². The van der Waals surface area contributed by atoms with E-state index in [9.17, 15) is 0 Å². The van der Waals surface area contributed by atoms with Crippen molar-refractivity contribution in [1.82, 2.24) is 4.90 Å². The molecule has 0 aromatic heterocycles. The van der Waals surface area contributed by atoms with Crippen LogP contribution in [0.3, 0.4) is 0 Å². The van der Waals surface area contributed by atoms with Crippen LogP contribution in [-0.4, -0.2) is 43.9 Å². The van der Waals surface area contributed by atoms with Crippen molar-refractivity contribution in [3.8, 4) is 11.8 Å². The Bertz CT molecular complexity index is 406. The first-order chi connectivity index (χ1) is 8.76. The summed E-state index contributed by atoms with van der Waals surface area (Å²) in [6.07, 6.45) is 1.04. The Kier molecular flexibility index (Phi) is 7.12. The van der Waals surface area contributed by atoms with E-state index in [2.05, 4.69) is 35.9 Å². The van der Waals surface area contributed by atoms with Crippen LogP contribution in [0.15, 0.2) is 24.3 Å². The molecule has 1 rings (SSSR count). The van der Waals surface area contributed by atoms with Crippen LogP contribution in [0.2, 0.25) is 0 Å². The molecule has 0 heterocycles. The van der Waals surface area contributed by atoms with E-state index >= 15 is 0 Å². The smallest absolute Gasteiger partial charge is 0.104 e. The second-order valence-corrected chi connectivity index (χ2v) is 4.24. The molecule has 98 valence electrons. The number of hydrogen-bond acceptors (Lipinski definition) is 3. The summed E-state index contributed by atoms with van der Waals surface area (Å²) in [4.78, 5) is 2.26. The molecular weight excluding hydrogens is 226 g/mol. The predicted octanol–water partition coefficient (Wildman–Crippen LogP) is 1.50. The zero-order valence-corrected chi connectivity index (χ0v) is 11.1. The van der Waals surface area contributed by atoms with Crippen molar-refractivity contribution in [1.29, 1.82) is 0 Å². The molecule has 0 aliphatic carbocycles. The number of aliphatic hydroxyl groups is 1. The Labute approximate surface area is 109 Å². The van der Waals surface area contributed by atoms with E-state index in [0.717, 1.165) is 31.7 Å². The van der Waals surface area contributed by atoms with E-state index in [1.165, 1.54) is 5.56 Å². The molecular formula is C15H21NO2. The van der Waals surface area contributed by atoms with Gasteiger partial charge >= 0.3 is 0 Å². The third-order valence-corrected chi connectivity index (χ3v) is 2.58. The van der Waals surface area contributed by atoms with Crippen molar-refractivity contribution < 1.29 is 9.84 Å². The maximum absolute atomic E-state index is 8.67. The molecule has 0 saturated heterocycles. The van der Waals surface area contributed by atoms with Gasteiger partial charge in [-0.25, -0.2) is 0 Å². The minimum atomic E-state index is -0.0961. The Morgan fingerprint density at radius 2 is 2.22 bits per heavy atom. The quantitative estimate of drug-likeness (QED) is 0.611. The monoisotopic (exact) mass is 247 g/mol. The van der Waals surface area contributed by atoms with Crippen LogP contribution < -0.4 is 0 Å². The summed E-state index contributed by atoms with van der Waals surface area (Å²) in [5, 5.41) is 8.67. The molecule has 0 atom stereocenters. The summed E-state index contributed by atoms with van der Waals surface area (Å²) in [6.45, 7) is 2.62. The van der Waals surface area contributed by atoms with Gasteiger partial charge in [0.25, 0.3) is 0 Å². The molecule has 0 unspecified atom stereocenters. The van der Waals surface area contributed by atoms with Crippen molar-refractivity contribution in [2.24, 2.45) is 0 Å². The number of benzene rings is 1. The van der Waals surface area contributed by atoms with Crippen LogP contribution in [0.25, 0.3) is 0 Å². The van der Waals surface area contributed by atoms with E-state index in [-0.39, 0.29) is 6.61 Å². The van der Waals surface area contributed by atoms with Crippen molar-refractivity contribution in [3.63, 3.8) is 0 Å². The van der Waals surface area contributed by atoms with E-state index < -0.39 is 0 Å². The fourth-order valence-electron chi connectivity index (χ4n) is 1.76. The number of nitrogens with zero attached hydrogens (tertiary/aromatic N) is 1. The molecule has 18 heavy (non-hydrogen) atoms. The molecule has 0 spiro atoms. The molecule has 1 aromatic carbocycles. The third kappa shape index (κ3) is 5.83. The largest absolute Gasteiger partial charge is 0.385 e. The number of ether oxygens (including phenoxy) is 1. The fourth-order valence-corrected chi connectivity index (χ4v) is 1.76. The number of hydrogen-bond donors (Lipinski definition) is 1. The lowest BCUT2D eigenvalue weighted by molar-refractivity contribution is 0.178. The highest BCUT2D eigenvalue weighted by Crippen LogP contribution is 2.07. The van der Waals surface area contributed by atoms with Gasteiger partial charge in [0.2, 0.25) is 0 Å². The van der Waals surface area contributed by atoms with Crippen LogP contribution in [-0.2, 0) is 11.3 Å². The van der Waals surface area contributed by atoms with Crippen molar-refractivity contribution in [2.45, 2.75) is 13.0 Å². The maximum atomic E-state index is 8.67. The number of aliphatic hydroxyl groups excluding tert-OH is 1. The second kappa shape index (κ2) is 8.71. The highest BCUT2D eigenvalue weighted by molar-refractivity contribution is 5.37. The summed E-state index contributed by atoms with van der Waals surface area (Å²) in [5.41, 5.74) is 2.19. The van der Waals surface area contributed by atoms with Gasteiger partial charge in [-0.05, 0) is 31.2 Å². The number of methoxy groups -OCH3 is 1. The average molecular weight is 247 g/mol. The zero-order chi connectivity index (χ0) is 13.2. The van der Waals surface area contributed by atoms with Gasteiger partial charge in [-0.3, -0.25) is 0 Å². The lowest BCUT2D eigenvalue weighted by Crippen LogP contribution is -2.20. The topological polar surface area (TPSA) is 32.7 Å². The van der Waals surface area contributed by atoms with Crippen LogP contribution in [0.5, 0.6) is 0 Å². The zero-order valence-electron chi connectivity index (χ0n) is 11.1. The van der Waals surface area contributed by atoms with Crippen LogP contribution in [0.1, 0.15) is 17.5 Å². The van der Waals surface area contributed by atoms with E-state index in [1.807, 2.05) is 12.1 Å². The fraction of sp³-hybridized carbons (Fsp3) is 0.467. The third-order valence-electron chi connectivity index (χ3n) is 2.58. The summed E-state index contributed by atoms with van der Waals surface area (Å²) in [6, 6.07) is 8.11. The highest BCUT2D eigenvalue weighted by atomic mass is 16.5. The first kappa shape index (κ1) is 14.7. The Morgan fingerprint density at radius 1 is 1.39 bits per heavy atom. The van der Waals surface area contributed by atoms with Crippen LogP contribution >= 0.6 is 0 Å². The molecule has 3 nitrogen and oxygen atoms in total. The van der Waals surface area contributed by atoms with Gasteiger partial charge in [0.05, 0.1) is 0 Å². The Hall–Kier alpha value is -1.34. The SMILES string of the molecule is COCCCN(C)Cc1cccc(C#CCO)c1. The van der Waals surface area contributed by atoms with Gasteiger partial charge in [-0.15, -0.1) is 0 Å². The maximum Gasteiger partial charge on any atom is 0.104 e. The minimum absolute atomic E-state index is 0.0961. The first-order valence-corrected chi connectivity index (χ1v) is 6.12. The summed E-state index contributed by atoms with van der Waals surface area (Å²) >= 11 is 0. The molecule has 0 bridgehead atoms. The molecule has 0 radical (unpaired) electrons. The normalized spacial score (nSPS) is 10.2. The van der Waals surface area contributed by atoms with Crippen molar-refractivity contribution in [3.05, 3.63) is 35.4 Å². The summed E-state index contributed by atoms with van der Waals surface area (Å²) < 4.78 is 5.04. The summed E-state index contributed by atoms with van der Waals surface area (Å²) in [7, 11) is 3.82. The molecule has 1 N–H and O–H groups in total. The average Bonchev–Trinajstić information content (AvgIpc) is 2.37. The highest BCUT2D eigenvalue weighted by Gasteiger charge is 2.00. The van der Waals surface area contributed by atoms with Crippen LogP contribution in [0.4, 0.5) is 0 Å². The molecule has 0 aliphatic heterocycles. The van der Waals surface area contributed by atoms with Crippen molar-refractivity contribution in [2.75, 3.05) is 33.9 Å². The molecule has 1 aromatic rings. The molecule has 0 aliphatic rings.